The molecule has 5 heteroatoms. The summed E-state index contributed by atoms with van der Waals surface area (Å²) in [6.07, 6.45) is 0. The van der Waals surface area contributed by atoms with Crippen molar-refractivity contribution in [2.45, 2.75) is 12.5 Å². The zero-order valence-corrected chi connectivity index (χ0v) is 12.8. The van der Waals surface area contributed by atoms with E-state index in [1.807, 2.05) is 37.3 Å². The molecule has 0 aliphatic heterocycles. The maximum Gasteiger partial charge on any atom is 0.155 e. The Bertz CT molecular complexity index is 419. The molecule has 0 saturated heterocycles. The van der Waals surface area contributed by atoms with Crippen molar-refractivity contribution in [3.8, 4) is 6.07 Å². The summed E-state index contributed by atoms with van der Waals surface area (Å²) in [7, 11) is 1.64. The molecule has 0 fully saturated rings. The van der Waals surface area contributed by atoms with Crippen LogP contribution in [0, 0.1) is 11.3 Å². The molecule has 21 heavy (non-hydrogen) atoms. The first-order chi connectivity index (χ1) is 10.3. The zero-order chi connectivity index (χ0) is 15.4. The van der Waals surface area contributed by atoms with Gasteiger partial charge < -0.3 is 14.2 Å². The van der Waals surface area contributed by atoms with Crippen molar-refractivity contribution in [1.82, 2.24) is 5.32 Å². The van der Waals surface area contributed by atoms with Crippen LogP contribution in [0.25, 0.3) is 0 Å². The minimum absolute atomic E-state index is 0.287. The van der Waals surface area contributed by atoms with Gasteiger partial charge in [0.2, 0.25) is 0 Å². The Kier molecular flexibility index (Phi) is 8.63. The van der Waals surface area contributed by atoms with Crippen molar-refractivity contribution >= 4 is 0 Å². The number of methoxy groups -OCH3 is 1. The highest BCUT2D eigenvalue weighted by atomic mass is 16.5. The number of rotatable bonds is 11. The fourth-order valence-electron chi connectivity index (χ4n) is 1.98. The van der Waals surface area contributed by atoms with Gasteiger partial charge in [-0.1, -0.05) is 37.3 Å². The van der Waals surface area contributed by atoms with Crippen LogP contribution in [0.2, 0.25) is 0 Å². The predicted octanol–water partition coefficient (Wildman–Crippen LogP) is 1.69. The number of hydrogen-bond donors (Lipinski definition) is 1. The number of nitriles is 1. The third-order valence-electron chi connectivity index (χ3n) is 3.06. The highest BCUT2D eigenvalue weighted by Crippen LogP contribution is 2.20. The average Bonchev–Trinajstić information content (AvgIpc) is 2.54. The van der Waals surface area contributed by atoms with E-state index in [2.05, 4.69) is 11.4 Å². The van der Waals surface area contributed by atoms with E-state index in [0.717, 1.165) is 5.56 Å². The summed E-state index contributed by atoms with van der Waals surface area (Å²) in [6, 6.07) is 12.0. The fraction of sp³-hybridized carbons (Fsp3) is 0.562. The topological polar surface area (TPSA) is 63.5 Å². The van der Waals surface area contributed by atoms with Crippen LogP contribution in [-0.4, -0.2) is 46.7 Å². The Morgan fingerprint density at radius 1 is 1.10 bits per heavy atom. The lowest BCUT2D eigenvalue weighted by Gasteiger charge is -2.27. The average molecular weight is 292 g/mol. The van der Waals surface area contributed by atoms with Crippen LogP contribution in [0.1, 0.15) is 12.5 Å². The number of benzene rings is 1. The smallest absolute Gasteiger partial charge is 0.155 e. The second-order valence-corrected chi connectivity index (χ2v) is 4.57. The Balaban J connectivity index is 2.50. The van der Waals surface area contributed by atoms with Gasteiger partial charge in [-0.05, 0) is 12.1 Å². The first-order valence-corrected chi connectivity index (χ1v) is 7.15. The van der Waals surface area contributed by atoms with Crippen LogP contribution in [0.3, 0.4) is 0 Å². The van der Waals surface area contributed by atoms with Gasteiger partial charge in [0.25, 0.3) is 0 Å². The van der Waals surface area contributed by atoms with E-state index in [9.17, 15) is 5.26 Å². The Morgan fingerprint density at radius 3 is 2.38 bits per heavy atom. The zero-order valence-electron chi connectivity index (χ0n) is 12.8. The van der Waals surface area contributed by atoms with Gasteiger partial charge in [-0.25, -0.2) is 0 Å². The highest BCUT2D eigenvalue weighted by Gasteiger charge is 2.31. The van der Waals surface area contributed by atoms with Crippen molar-refractivity contribution in [2.24, 2.45) is 0 Å². The second-order valence-electron chi connectivity index (χ2n) is 4.57. The fourth-order valence-corrected chi connectivity index (χ4v) is 1.98. The van der Waals surface area contributed by atoms with E-state index >= 15 is 0 Å². The maximum absolute atomic E-state index is 9.59. The molecule has 0 amide bonds. The van der Waals surface area contributed by atoms with Crippen molar-refractivity contribution in [2.75, 3.05) is 46.7 Å². The molecule has 0 aliphatic carbocycles. The third kappa shape index (κ3) is 5.82. The molecule has 0 radical (unpaired) electrons. The molecule has 0 aliphatic rings. The third-order valence-corrected chi connectivity index (χ3v) is 3.06. The van der Waals surface area contributed by atoms with Crippen LogP contribution < -0.4 is 5.32 Å². The van der Waals surface area contributed by atoms with Crippen molar-refractivity contribution in [1.29, 1.82) is 5.26 Å². The Labute approximate surface area is 126 Å². The number of likely N-dealkylation sites (N-methyl/N-ethyl adjacent to an activating group) is 1. The molecule has 5 nitrogen and oxygen atoms in total. The van der Waals surface area contributed by atoms with E-state index in [0.29, 0.717) is 33.0 Å². The summed E-state index contributed by atoms with van der Waals surface area (Å²) in [5, 5.41) is 12.8. The molecule has 116 valence electrons. The van der Waals surface area contributed by atoms with E-state index < -0.39 is 5.54 Å². The summed E-state index contributed by atoms with van der Waals surface area (Å²) in [5.41, 5.74) is 0.0948. The molecule has 1 aromatic rings. The van der Waals surface area contributed by atoms with Crippen molar-refractivity contribution < 1.29 is 14.2 Å². The van der Waals surface area contributed by atoms with Crippen LogP contribution >= 0.6 is 0 Å². The van der Waals surface area contributed by atoms with E-state index in [4.69, 9.17) is 14.2 Å². The molecule has 1 N–H and O–H groups in total. The summed E-state index contributed by atoms with van der Waals surface area (Å²) in [5.74, 6) is 0. The number of nitrogens with zero attached hydrogens (tertiary/aromatic N) is 1. The molecule has 1 rings (SSSR count). The lowest BCUT2D eigenvalue weighted by atomic mass is 9.92. The van der Waals surface area contributed by atoms with Crippen LogP contribution in [-0.2, 0) is 19.7 Å². The first-order valence-electron chi connectivity index (χ1n) is 7.15. The van der Waals surface area contributed by atoms with Crippen molar-refractivity contribution in [3.05, 3.63) is 35.9 Å². The normalized spacial score (nSPS) is 13.6. The predicted molar refractivity (Wildman–Crippen MR) is 80.9 cm³/mol. The molecule has 1 atom stereocenters. The number of nitrogens with one attached hydrogen (secondary N) is 1. The van der Waals surface area contributed by atoms with Gasteiger partial charge in [-0.2, -0.15) is 5.26 Å². The molecule has 0 saturated carbocycles. The SMILES string of the molecule is CCNC(C#N)(COCCOCCOC)c1ccccc1. The van der Waals surface area contributed by atoms with E-state index in [-0.39, 0.29) is 6.61 Å². The van der Waals surface area contributed by atoms with Gasteiger partial charge in [0.1, 0.15) is 0 Å². The summed E-state index contributed by atoms with van der Waals surface area (Å²) in [4.78, 5) is 0. The van der Waals surface area contributed by atoms with E-state index in [1.54, 1.807) is 7.11 Å². The summed E-state index contributed by atoms with van der Waals surface area (Å²) < 4.78 is 15.9. The van der Waals surface area contributed by atoms with Crippen LogP contribution in [0.15, 0.2) is 30.3 Å². The van der Waals surface area contributed by atoms with Crippen molar-refractivity contribution in [3.63, 3.8) is 0 Å². The summed E-state index contributed by atoms with van der Waals surface area (Å²) >= 11 is 0. The molecule has 1 aromatic carbocycles. The summed E-state index contributed by atoms with van der Waals surface area (Å²) in [6.45, 7) is 5.02. The van der Waals surface area contributed by atoms with Crippen LogP contribution in [0.5, 0.6) is 0 Å². The highest BCUT2D eigenvalue weighted by molar-refractivity contribution is 5.31. The quantitative estimate of drug-likeness (QED) is 0.629. The second kappa shape index (κ2) is 10.3. The van der Waals surface area contributed by atoms with Gasteiger partial charge in [0.15, 0.2) is 5.54 Å². The maximum atomic E-state index is 9.59. The minimum atomic E-state index is -0.817. The molecule has 1 unspecified atom stereocenters. The molecule has 0 heterocycles. The minimum Gasteiger partial charge on any atom is -0.382 e. The van der Waals surface area contributed by atoms with Gasteiger partial charge >= 0.3 is 0 Å². The molecular weight excluding hydrogens is 268 g/mol. The molecule has 0 aromatic heterocycles. The lowest BCUT2D eigenvalue weighted by Crippen LogP contribution is -2.45. The van der Waals surface area contributed by atoms with Gasteiger partial charge in [0, 0.05) is 7.11 Å². The van der Waals surface area contributed by atoms with Gasteiger partial charge in [-0.3, -0.25) is 5.32 Å². The van der Waals surface area contributed by atoms with Gasteiger partial charge in [-0.15, -0.1) is 0 Å². The standard InChI is InChI=1S/C16H24N2O3/c1-3-18-16(13-17,15-7-5-4-6-8-15)14-21-12-11-20-10-9-19-2/h4-8,18H,3,9-12,14H2,1-2H3. The van der Waals surface area contributed by atoms with Gasteiger partial charge in [0.05, 0.1) is 39.1 Å². The number of ether oxygens (including phenoxy) is 3. The number of hydrogen-bond acceptors (Lipinski definition) is 5. The Morgan fingerprint density at radius 2 is 1.76 bits per heavy atom. The van der Waals surface area contributed by atoms with Crippen LogP contribution in [0.4, 0.5) is 0 Å². The lowest BCUT2D eigenvalue weighted by molar-refractivity contribution is 0.0126. The first kappa shape index (κ1) is 17.6. The molecule has 0 spiro atoms. The van der Waals surface area contributed by atoms with E-state index in [1.165, 1.54) is 0 Å². The molecule has 0 bridgehead atoms. The molecular formula is C16H24N2O3. The Hall–Kier alpha value is -1.45. The monoisotopic (exact) mass is 292 g/mol. The largest absolute Gasteiger partial charge is 0.382 e.